The molecule has 0 spiro atoms. The molecule has 0 aromatic heterocycles. The van der Waals surface area contributed by atoms with Gasteiger partial charge in [-0.15, -0.1) is 0 Å². The van der Waals surface area contributed by atoms with Crippen LogP contribution in [0.2, 0.25) is 0 Å². The van der Waals surface area contributed by atoms with E-state index in [1.807, 2.05) is 0 Å². The van der Waals surface area contributed by atoms with Crippen LogP contribution in [-0.4, -0.2) is 41.0 Å². The highest BCUT2D eigenvalue weighted by Gasteiger charge is 2.22. The highest BCUT2D eigenvalue weighted by atomic mass is 31.2. The molecule has 0 amide bonds. The summed E-state index contributed by atoms with van der Waals surface area (Å²) in [4.78, 5) is 42.5. The Morgan fingerprint density at radius 1 is 0.605 bits per heavy atom. The van der Waals surface area contributed by atoms with E-state index in [2.05, 4.69) is 42.7 Å². The average Bonchev–Trinajstić information content (AvgIpc) is 2.97. The predicted octanol–water partition coefficient (Wildman–Crippen LogP) is 9.68. The van der Waals surface area contributed by atoms with E-state index in [0.29, 0.717) is 12.8 Å². The van der Waals surface area contributed by atoms with Gasteiger partial charge in [0.25, 0.3) is 0 Å². The number of carbonyl (C=O) groups is 2. The maximum absolute atomic E-state index is 12.3. The summed E-state index contributed by atoms with van der Waals surface area (Å²) in [5.41, 5.74) is 0. The molecule has 0 rings (SSSR count). The molecule has 43 heavy (non-hydrogen) atoms. The van der Waals surface area contributed by atoms with Crippen LogP contribution in [0.1, 0.15) is 162 Å². The molecule has 0 aliphatic carbocycles. The van der Waals surface area contributed by atoms with Gasteiger partial charge in [0, 0.05) is 12.8 Å². The first-order valence-electron chi connectivity index (χ1n) is 17.1. The number of hydrogen-bond donors (Lipinski definition) is 2. The van der Waals surface area contributed by atoms with Crippen LogP contribution in [0, 0.1) is 0 Å². The molecule has 0 heterocycles. The smallest absolute Gasteiger partial charge is 0.462 e. The zero-order valence-electron chi connectivity index (χ0n) is 27.4. The first-order chi connectivity index (χ1) is 20.8. The summed E-state index contributed by atoms with van der Waals surface area (Å²) >= 11 is 0. The lowest BCUT2D eigenvalue weighted by atomic mass is 10.1. The molecular weight excluding hydrogens is 567 g/mol. The Morgan fingerprint density at radius 2 is 1.05 bits per heavy atom. The molecule has 2 N–H and O–H groups in total. The van der Waals surface area contributed by atoms with Crippen molar-refractivity contribution in [3.63, 3.8) is 0 Å². The lowest BCUT2D eigenvalue weighted by Gasteiger charge is -2.18. The molecule has 0 aromatic carbocycles. The summed E-state index contributed by atoms with van der Waals surface area (Å²) in [5.74, 6) is -0.902. The van der Waals surface area contributed by atoms with Crippen LogP contribution >= 0.6 is 7.82 Å². The molecule has 0 saturated heterocycles. The monoisotopic (exact) mass is 630 g/mol. The molecule has 1 atom stereocenters. The standard InChI is InChI=1S/C34H63O8P/c1-3-5-7-9-11-13-15-16-17-18-19-21-22-24-26-28-33(35)40-30-32(31-41-43(37,38)39)42-34(36)29-27-25-23-20-14-12-10-8-6-4-2/h11,13,16-17,32H,3-10,12,14-15,18-31H2,1-2H3,(H2,37,38,39)/b13-11+,17-16+/t32-/m1/s1. The second-order valence-electron chi connectivity index (χ2n) is 11.5. The Hall–Kier alpha value is -1.47. The summed E-state index contributed by atoms with van der Waals surface area (Å²) in [6.07, 6.45) is 31.9. The predicted molar refractivity (Wildman–Crippen MR) is 175 cm³/mol. The SMILES string of the molecule is CCCCC/C=C/C/C=C/CCCCCCCC(=O)OC[C@H](COP(=O)(O)O)OC(=O)CCCCCCCCCCCC. The fourth-order valence-corrected chi connectivity index (χ4v) is 5.00. The molecular formula is C34H63O8P. The number of phosphoric ester groups is 1. The minimum atomic E-state index is -4.74. The fraction of sp³-hybridized carbons (Fsp3) is 0.824. The van der Waals surface area contributed by atoms with Crippen LogP contribution in [0.15, 0.2) is 24.3 Å². The van der Waals surface area contributed by atoms with Gasteiger partial charge in [0.15, 0.2) is 6.10 Å². The molecule has 9 heteroatoms. The molecule has 0 bridgehead atoms. The molecule has 0 fully saturated rings. The van der Waals surface area contributed by atoms with Crippen molar-refractivity contribution >= 4 is 19.8 Å². The van der Waals surface area contributed by atoms with Crippen LogP contribution in [0.3, 0.4) is 0 Å². The quantitative estimate of drug-likeness (QED) is 0.0336. The van der Waals surface area contributed by atoms with Crippen molar-refractivity contribution in [1.82, 2.24) is 0 Å². The van der Waals surface area contributed by atoms with Crippen LogP contribution in [0.4, 0.5) is 0 Å². The van der Waals surface area contributed by atoms with Crippen molar-refractivity contribution in [2.24, 2.45) is 0 Å². The molecule has 0 aromatic rings. The molecule has 8 nitrogen and oxygen atoms in total. The molecule has 0 aliphatic heterocycles. The number of ether oxygens (including phenoxy) is 2. The number of unbranched alkanes of at least 4 members (excludes halogenated alkanes) is 17. The summed E-state index contributed by atoms with van der Waals surface area (Å²) in [6, 6.07) is 0. The van der Waals surface area contributed by atoms with Gasteiger partial charge in [-0.2, -0.15) is 0 Å². The maximum atomic E-state index is 12.3. The molecule has 0 radical (unpaired) electrons. The summed E-state index contributed by atoms with van der Waals surface area (Å²) in [6.45, 7) is 3.61. The van der Waals surface area contributed by atoms with E-state index < -0.39 is 32.5 Å². The van der Waals surface area contributed by atoms with Crippen LogP contribution in [-0.2, 0) is 28.2 Å². The van der Waals surface area contributed by atoms with Gasteiger partial charge in [-0.05, 0) is 44.9 Å². The van der Waals surface area contributed by atoms with Gasteiger partial charge in [-0.3, -0.25) is 14.1 Å². The first kappa shape index (κ1) is 41.5. The van der Waals surface area contributed by atoms with Crippen LogP contribution in [0.25, 0.3) is 0 Å². The van der Waals surface area contributed by atoms with E-state index in [1.165, 1.54) is 64.2 Å². The zero-order chi connectivity index (χ0) is 31.9. The topological polar surface area (TPSA) is 119 Å². The van der Waals surface area contributed by atoms with E-state index in [0.717, 1.165) is 57.8 Å². The Bertz CT molecular complexity index is 761. The van der Waals surface area contributed by atoms with Crippen molar-refractivity contribution in [3.8, 4) is 0 Å². The van der Waals surface area contributed by atoms with Gasteiger partial charge < -0.3 is 19.3 Å². The third-order valence-electron chi connectivity index (χ3n) is 7.22. The molecule has 0 saturated carbocycles. The third kappa shape index (κ3) is 33.3. The fourth-order valence-electron chi connectivity index (χ4n) is 4.64. The molecule has 252 valence electrons. The Morgan fingerprint density at radius 3 is 1.58 bits per heavy atom. The number of hydrogen-bond acceptors (Lipinski definition) is 6. The van der Waals surface area contributed by atoms with Crippen molar-refractivity contribution in [3.05, 3.63) is 24.3 Å². The van der Waals surface area contributed by atoms with E-state index in [-0.39, 0.29) is 19.4 Å². The Kier molecular flexibility index (Phi) is 29.5. The van der Waals surface area contributed by atoms with E-state index in [9.17, 15) is 14.2 Å². The normalized spacial score (nSPS) is 12.7. The zero-order valence-corrected chi connectivity index (χ0v) is 28.2. The largest absolute Gasteiger partial charge is 0.469 e. The number of phosphoric acid groups is 1. The highest BCUT2D eigenvalue weighted by molar-refractivity contribution is 7.46. The first-order valence-corrected chi connectivity index (χ1v) is 18.7. The van der Waals surface area contributed by atoms with Gasteiger partial charge >= 0.3 is 19.8 Å². The lowest BCUT2D eigenvalue weighted by Crippen LogP contribution is -2.29. The van der Waals surface area contributed by atoms with Crippen molar-refractivity contribution < 1.29 is 37.9 Å². The van der Waals surface area contributed by atoms with Crippen LogP contribution < -0.4 is 0 Å². The second-order valence-corrected chi connectivity index (χ2v) is 12.7. The molecule has 0 aliphatic rings. The lowest BCUT2D eigenvalue weighted by molar-refractivity contribution is -0.161. The highest BCUT2D eigenvalue weighted by Crippen LogP contribution is 2.35. The minimum absolute atomic E-state index is 0.211. The van der Waals surface area contributed by atoms with Crippen molar-refractivity contribution in [2.45, 2.75) is 168 Å². The van der Waals surface area contributed by atoms with E-state index in [4.69, 9.17) is 19.3 Å². The van der Waals surface area contributed by atoms with Gasteiger partial charge in [-0.25, -0.2) is 4.57 Å². The number of carbonyl (C=O) groups excluding carboxylic acids is 2. The van der Waals surface area contributed by atoms with Gasteiger partial charge in [0.1, 0.15) is 6.61 Å². The number of esters is 2. The summed E-state index contributed by atoms with van der Waals surface area (Å²) in [7, 11) is -4.74. The van der Waals surface area contributed by atoms with Crippen molar-refractivity contribution in [1.29, 1.82) is 0 Å². The third-order valence-corrected chi connectivity index (χ3v) is 7.71. The average molecular weight is 631 g/mol. The van der Waals surface area contributed by atoms with Crippen molar-refractivity contribution in [2.75, 3.05) is 13.2 Å². The maximum Gasteiger partial charge on any atom is 0.469 e. The number of allylic oxidation sites excluding steroid dienone is 4. The number of rotatable bonds is 31. The van der Waals surface area contributed by atoms with E-state index >= 15 is 0 Å². The summed E-state index contributed by atoms with van der Waals surface area (Å²) < 4.78 is 26.2. The van der Waals surface area contributed by atoms with E-state index in [1.54, 1.807) is 0 Å². The Labute approximate surface area is 262 Å². The molecule has 0 unspecified atom stereocenters. The van der Waals surface area contributed by atoms with Gasteiger partial charge in [-0.1, -0.05) is 128 Å². The second kappa shape index (κ2) is 30.6. The van der Waals surface area contributed by atoms with Gasteiger partial charge in [0.05, 0.1) is 6.61 Å². The Balaban J connectivity index is 4.01. The van der Waals surface area contributed by atoms with Crippen LogP contribution in [0.5, 0.6) is 0 Å². The van der Waals surface area contributed by atoms with Gasteiger partial charge in [0.2, 0.25) is 0 Å². The summed E-state index contributed by atoms with van der Waals surface area (Å²) in [5, 5.41) is 0. The minimum Gasteiger partial charge on any atom is -0.462 e.